The summed E-state index contributed by atoms with van der Waals surface area (Å²) in [6.45, 7) is 4.74. The highest BCUT2D eigenvalue weighted by Gasteiger charge is 2.32. The fourth-order valence-corrected chi connectivity index (χ4v) is 3.93. The molecular formula is C19H18N6O2S. The molecule has 2 aromatic heterocycles. The quantitative estimate of drug-likeness (QED) is 0.728. The summed E-state index contributed by atoms with van der Waals surface area (Å²) >= 11 is 1.14. The zero-order valence-corrected chi connectivity index (χ0v) is 16.2. The smallest absolute Gasteiger partial charge is 0.257 e. The molecule has 2 atom stereocenters. The lowest BCUT2D eigenvalue weighted by molar-refractivity contribution is -0.131. The van der Waals surface area contributed by atoms with Crippen molar-refractivity contribution in [2.24, 2.45) is 0 Å². The number of benzene rings is 1. The Hall–Kier alpha value is -3.09. The second-order valence-electron chi connectivity index (χ2n) is 6.62. The molecule has 1 aliphatic heterocycles. The number of nitriles is 1. The van der Waals surface area contributed by atoms with Crippen LogP contribution < -0.4 is 10.2 Å². The molecule has 1 aliphatic rings. The monoisotopic (exact) mass is 394 g/mol. The molecule has 0 unspecified atom stereocenters. The zero-order valence-electron chi connectivity index (χ0n) is 15.4. The minimum absolute atomic E-state index is 0.136. The molecule has 1 saturated heterocycles. The van der Waals surface area contributed by atoms with Crippen molar-refractivity contribution in [2.45, 2.75) is 26.1 Å². The highest BCUT2D eigenvalue weighted by molar-refractivity contribution is 7.09. The number of anilines is 2. The maximum absolute atomic E-state index is 12.7. The molecule has 0 radical (unpaired) electrons. The highest BCUT2D eigenvalue weighted by Crippen LogP contribution is 2.30. The first kappa shape index (κ1) is 18.3. The number of hydrogen-bond acceptors (Lipinski definition) is 8. The lowest BCUT2D eigenvalue weighted by atomic mass is 10.1. The summed E-state index contributed by atoms with van der Waals surface area (Å²) in [5, 5.41) is 13.5. The van der Waals surface area contributed by atoms with Crippen LogP contribution in [0, 0.1) is 18.3 Å². The van der Waals surface area contributed by atoms with Crippen LogP contribution in [0.5, 0.6) is 0 Å². The average molecular weight is 394 g/mol. The van der Waals surface area contributed by atoms with Gasteiger partial charge >= 0.3 is 0 Å². The molecule has 3 aromatic rings. The van der Waals surface area contributed by atoms with Gasteiger partial charge in [-0.25, -0.2) is 4.98 Å². The van der Waals surface area contributed by atoms with Crippen LogP contribution in [0.15, 0.2) is 30.5 Å². The first-order chi connectivity index (χ1) is 13.5. The molecule has 0 aliphatic carbocycles. The maximum atomic E-state index is 12.7. The number of morpholine rings is 1. The third-order valence-electron chi connectivity index (χ3n) is 4.52. The van der Waals surface area contributed by atoms with Gasteiger partial charge in [-0.3, -0.25) is 15.1 Å². The number of pyridine rings is 1. The zero-order chi connectivity index (χ0) is 19.7. The van der Waals surface area contributed by atoms with Gasteiger partial charge in [-0.05, 0) is 38.1 Å². The van der Waals surface area contributed by atoms with E-state index in [2.05, 4.69) is 30.6 Å². The predicted octanol–water partition coefficient (Wildman–Crippen LogP) is 2.50. The van der Waals surface area contributed by atoms with Crippen molar-refractivity contribution in [2.75, 3.05) is 23.3 Å². The molecule has 0 saturated carbocycles. The molecule has 4 rings (SSSR count). The van der Waals surface area contributed by atoms with Crippen LogP contribution in [0.25, 0.3) is 10.9 Å². The lowest BCUT2D eigenvalue weighted by Gasteiger charge is -2.37. The van der Waals surface area contributed by atoms with Crippen LogP contribution in [-0.2, 0) is 9.53 Å². The van der Waals surface area contributed by atoms with E-state index in [1.165, 1.54) is 0 Å². The number of amides is 1. The molecule has 9 heteroatoms. The Morgan fingerprint density at radius 2 is 2.25 bits per heavy atom. The second kappa shape index (κ2) is 7.50. The Kier molecular flexibility index (Phi) is 4.90. The van der Waals surface area contributed by atoms with E-state index in [9.17, 15) is 10.1 Å². The minimum atomic E-state index is -0.643. The van der Waals surface area contributed by atoms with E-state index < -0.39 is 6.10 Å². The number of rotatable bonds is 3. The number of ether oxygens (including phenoxy) is 1. The minimum Gasteiger partial charge on any atom is -0.365 e. The topological polar surface area (TPSA) is 104 Å². The lowest BCUT2D eigenvalue weighted by Crippen LogP contribution is -2.51. The van der Waals surface area contributed by atoms with Crippen molar-refractivity contribution in [1.82, 2.24) is 14.3 Å². The number of nitrogens with zero attached hydrogens (tertiary/aromatic N) is 5. The molecule has 1 aromatic carbocycles. The van der Waals surface area contributed by atoms with Crippen LogP contribution in [0.1, 0.15) is 18.3 Å². The molecule has 1 fully saturated rings. The van der Waals surface area contributed by atoms with Crippen LogP contribution in [0.3, 0.4) is 0 Å². The summed E-state index contributed by atoms with van der Waals surface area (Å²) in [6, 6.07) is 9.65. The largest absolute Gasteiger partial charge is 0.365 e. The highest BCUT2D eigenvalue weighted by atomic mass is 32.1. The Morgan fingerprint density at radius 3 is 3.00 bits per heavy atom. The SMILES string of the molecule is Cc1nsc(NC(=O)[C@H]2CN(c3ccc(C#N)c4ncccc34)C[C@@H](C)O2)n1. The number of aromatic nitrogens is 3. The van der Waals surface area contributed by atoms with Gasteiger partial charge in [0.05, 0.1) is 23.7 Å². The van der Waals surface area contributed by atoms with Crippen molar-refractivity contribution in [1.29, 1.82) is 5.26 Å². The fraction of sp³-hybridized carbons (Fsp3) is 0.316. The third-order valence-corrected chi connectivity index (χ3v) is 5.24. The summed E-state index contributed by atoms with van der Waals surface area (Å²) < 4.78 is 9.94. The van der Waals surface area contributed by atoms with Crippen molar-refractivity contribution in [3.05, 3.63) is 41.9 Å². The van der Waals surface area contributed by atoms with E-state index in [1.807, 2.05) is 25.1 Å². The molecule has 0 spiro atoms. The van der Waals surface area contributed by atoms with Gasteiger partial charge in [-0.15, -0.1) is 0 Å². The molecule has 1 amide bonds. The summed E-state index contributed by atoms with van der Waals surface area (Å²) in [5.74, 6) is 0.375. The second-order valence-corrected chi connectivity index (χ2v) is 7.37. The Labute approximate surface area is 166 Å². The normalized spacial score (nSPS) is 19.4. The fourth-order valence-electron chi connectivity index (χ4n) is 3.35. The molecule has 8 nitrogen and oxygen atoms in total. The molecular weight excluding hydrogens is 376 g/mol. The number of fused-ring (bicyclic) bond motifs is 1. The van der Waals surface area contributed by atoms with Crippen LogP contribution in [0.4, 0.5) is 10.8 Å². The van der Waals surface area contributed by atoms with Gasteiger partial charge in [0, 0.05) is 35.3 Å². The predicted molar refractivity (Wildman–Crippen MR) is 106 cm³/mol. The van der Waals surface area contributed by atoms with Gasteiger partial charge < -0.3 is 9.64 Å². The van der Waals surface area contributed by atoms with Gasteiger partial charge in [0.25, 0.3) is 5.91 Å². The van der Waals surface area contributed by atoms with E-state index in [-0.39, 0.29) is 12.0 Å². The number of hydrogen-bond donors (Lipinski definition) is 1. The van der Waals surface area contributed by atoms with Crippen LogP contribution in [0.2, 0.25) is 0 Å². The van der Waals surface area contributed by atoms with Crippen molar-refractivity contribution < 1.29 is 9.53 Å². The molecule has 0 bridgehead atoms. The average Bonchev–Trinajstić information content (AvgIpc) is 3.11. The van der Waals surface area contributed by atoms with Crippen LogP contribution >= 0.6 is 11.5 Å². The first-order valence-corrected chi connectivity index (χ1v) is 9.62. The number of nitrogens with one attached hydrogen (secondary N) is 1. The van der Waals surface area contributed by atoms with Gasteiger partial charge in [0.15, 0.2) is 6.10 Å². The molecule has 1 N–H and O–H groups in total. The van der Waals surface area contributed by atoms with E-state index in [0.717, 1.165) is 22.6 Å². The summed E-state index contributed by atoms with van der Waals surface area (Å²) in [6.07, 6.45) is 0.896. The third kappa shape index (κ3) is 3.52. The van der Waals surface area contributed by atoms with Gasteiger partial charge in [0.1, 0.15) is 11.9 Å². The Morgan fingerprint density at radius 1 is 1.39 bits per heavy atom. The van der Waals surface area contributed by atoms with E-state index in [1.54, 1.807) is 19.2 Å². The molecule has 28 heavy (non-hydrogen) atoms. The van der Waals surface area contributed by atoms with Crippen LogP contribution in [-0.4, -0.2) is 45.5 Å². The number of aryl methyl sites for hydroxylation is 1. The Bertz CT molecular complexity index is 1080. The Balaban J connectivity index is 1.61. The maximum Gasteiger partial charge on any atom is 0.257 e. The molecule has 142 valence electrons. The van der Waals surface area contributed by atoms with Gasteiger partial charge in [-0.1, -0.05) is 0 Å². The molecule has 3 heterocycles. The van der Waals surface area contributed by atoms with Gasteiger partial charge in [0.2, 0.25) is 5.13 Å². The van der Waals surface area contributed by atoms with Crippen molar-refractivity contribution >= 4 is 39.2 Å². The van der Waals surface area contributed by atoms with E-state index in [0.29, 0.717) is 35.1 Å². The summed E-state index contributed by atoms with van der Waals surface area (Å²) in [5.41, 5.74) is 2.12. The summed E-state index contributed by atoms with van der Waals surface area (Å²) in [4.78, 5) is 23.3. The standard InChI is InChI=1S/C19H18N6O2S/c1-11-9-25(10-16(27-11)18(26)23-19-22-12(2)24-28-19)15-6-5-13(8-20)17-14(15)4-3-7-21-17/h3-7,11,16H,9-10H2,1-2H3,(H,22,23,24,26)/t11-,16-/m1/s1. The van der Waals surface area contributed by atoms with Crippen molar-refractivity contribution in [3.63, 3.8) is 0 Å². The first-order valence-electron chi connectivity index (χ1n) is 8.84. The van der Waals surface area contributed by atoms with E-state index >= 15 is 0 Å². The summed E-state index contributed by atoms with van der Waals surface area (Å²) in [7, 11) is 0. The van der Waals surface area contributed by atoms with Crippen molar-refractivity contribution in [3.8, 4) is 6.07 Å². The van der Waals surface area contributed by atoms with E-state index in [4.69, 9.17) is 4.74 Å². The number of carbonyl (C=O) groups is 1. The number of carbonyl (C=O) groups excluding carboxylic acids is 1. The van der Waals surface area contributed by atoms with Gasteiger partial charge in [-0.2, -0.15) is 9.64 Å².